The second-order valence-corrected chi connectivity index (χ2v) is 3.73. The summed E-state index contributed by atoms with van der Waals surface area (Å²) in [6.07, 6.45) is 2.54. The van der Waals surface area contributed by atoms with Gasteiger partial charge in [0.1, 0.15) is 0 Å². The van der Waals surface area contributed by atoms with Gasteiger partial charge in [-0.2, -0.15) is 0 Å². The smallest absolute Gasteiger partial charge is 0.250 e. The number of nitrogens with two attached hydrogens (primary N) is 1. The van der Waals surface area contributed by atoms with Crippen molar-refractivity contribution in [3.05, 3.63) is 23.4 Å². The van der Waals surface area contributed by atoms with Crippen LogP contribution in [0.15, 0.2) is 17.3 Å². The Morgan fingerprint density at radius 1 is 1.62 bits per heavy atom. The van der Waals surface area contributed by atoms with E-state index in [2.05, 4.69) is 4.98 Å². The predicted molar refractivity (Wildman–Crippen MR) is 54.4 cm³/mol. The van der Waals surface area contributed by atoms with Gasteiger partial charge in [-0.25, -0.2) is 4.98 Å². The Bertz CT molecular complexity index is 343. The number of thioether (sulfide) groups is 1. The topological polar surface area (TPSA) is 56.0 Å². The summed E-state index contributed by atoms with van der Waals surface area (Å²) in [6.45, 7) is 0. The monoisotopic (exact) mass is 216 g/mol. The first-order valence-corrected chi connectivity index (χ1v) is 4.67. The van der Waals surface area contributed by atoms with Crippen molar-refractivity contribution in [2.75, 3.05) is 5.75 Å². The molecular formula is C8H9ClN2OS. The first kappa shape index (κ1) is 10.3. The van der Waals surface area contributed by atoms with Crippen molar-refractivity contribution >= 4 is 30.1 Å². The fourth-order valence-corrected chi connectivity index (χ4v) is 2.19. The molecule has 1 aromatic rings. The Labute approximate surface area is 86.5 Å². The van der Waals surface area contributed by atoms with Crippen LogP contribution in [-0.4, -0.2) is 16.6 Å². The molecule has 0 fully saturated rings. The third kappa shape index (κ3) is 1.95. The van der Waals surface area contributed by atoms with E-state index in [1.165, 1.54) is 0 Å². The van der Waals surface area contributed by atoms with Gasteiger partial charge in [0.2, 0.25) is 5.91 Å². The molecule has 13 heavy (non-hydrogen) atoms. The van der Waals surface area contributed by atoms with Crippen LogP contribution in [0.5, 0.6) is 0 Å². The van der Waals surface area contributed by atoms with Crippen LogP contribution in [0.3, 0.4) is 0 Å². The first-order valence-electron chi connectivity index (χ1n) is 3.69. The molecule has 0 spiro atoms. The average Bonchev–Trinajstić information content (AvgIpc) is 2.49. The van der Waals surface area contributed by atoms with Gasteiger partial charge < -0.3 is 5.73 Å². The fourth-order valence-electron chi connectivity index (χ4n) is 1.20. The van der Waals surface area contributed by atoms with Gasteiger partial charge in [-0.05, 0) is 18.1 Å². The van der Waals surface area contributed by atoms with Crippen LogP contribution in [0, 0.1) is 0 Å². The maximum absolute atomic E-state index is 10.8. The molecule has 0 aliphatic carbocycles. The summed E-state index contributed by atoms with van der Waals surface area (Å²) < 4.78 is 0. The standard InChI is InChI=1S/C8H8N2OS.ClH/c9-7(11)6-3-5-1-2-12-8(5)10-4-6;/h3-4H,1-2H2,(H2,9,11);1H. The number of carbonyl (C=O) groups is 1. The summed E-state index contributed by atoms with van der Waals surface area (Å²) in [4.78, 5) is 14.9. The number of rotatable bonds is 1. The molecule has 1 aromatic heterocycles. The Kier molecular flexibility index (Phi) is 3.17. The van der Waals surface area contributed by atoms with Crippen LogP contribution in [0.2, 0.25) is 0 Å². The molecule has 0 saturated heterocycles. The molecule has 1 amide bonds. The van der Waals surface area contributed by atoms with Crippen LogP contribution in [0.25, 0.3) is 0 Å². The van der Waals surface area contributed by atoms with E-state index >= 15 is 0 Å². The van der Waals surface area contributed by atoms with Crippen molar-refractivity contribution in [3.63, 3.8) is 0 Å². The van der Waals surface area contributed by atoms with Gasteiger partial charge in [-0.3, -0.25) is 4.79 Å². The van der Waals surface area contributed by atoms with Crippen LogP contribution in [0.4, 0.5) is 0 Å². The molecule has 2 N–H and O–H groups in total. The van der Waals surface area contributed by atoms with Crippen LogP contribution >= 0.6 is 24.2 Å². The van der Waals surface area contributed by atoms with Crippen molar-refractivity contribution in [2.45, 2.75) is 11.4 Å². The van der Waals surface area contributed by atoms with E-state index in [4.69, 9.17) is 5.73 Å². The number of amides is 1. The first-order chi connectivity index (χ1) is 5.77. The zero-order valence-electron chi connectivity index (χ0n) is 6.82. The van der Waals surface area contributed by atoms with Crippen molar-refractivity contribution in [1.82, 2.24) is 4.98 Å². The summed E-state index contributed by atoms with van der Waals surface area (Å²) in [6, 6.07) is 1.84. The number of hydrogen-bond donors (Lipinski definition) is 1. The van der Waals surface area contributed by atoms with Gasteiger partial charge in [0.05, 0.1) is 10.6 Å². The molecule has 0 unspecified atom stereocenters. The minimum absolute atomic E-state index is 0. The lowest BCUT2D eigenvalue weighted by atomic mass is 10.1. The number of fused-ring (bicyclic) bond motifs is 1. The lowest BCUT2D eigenvalue weighted by Gasteiger charge is -1.98. The van der Waals surface area contributed by atoms with Crippen molar-refractivity contribution in [3.8, 4) is 0 Å². The minimum Gasteiger partial charge on any atom is -0.366 e. The highest BCUT2D eigenvalue weighted by atomic mass is 35.5. The molecule has 0 saturated carbocycles. The van der Waals surface area contributed by atoms with Gasteiger partial charge in [0.15, 0.2) is 0 Å². The van der Waals surface area contributed by atoms with Gasteiger partial charge in [-0.1, -0.05) is 0 Å². The number of aryl methyl sites for hydroxylation is 1. The van der Waals surface area contributed by atoms with Crippen molar-refractivity contribution < 1.29 is 4.79 Å². The van der Waals surface area contributed by atoms with Crippen LogP contribution < -0.4 is 5.73 Å². The SMILES string of the molecule is Cl.NC(=O)c1cnc2c(c1)CCS2. The van der Waals surface area contributed by atoms with Crippen LogP contribution in [-0.2, 0) is 6.42 Å². The maximum Gasteiger partial charge on any atom is 0.250 e. The highest BCUT2D eigenvalue weighted by molar-refractivity contribution is 7.99. The largest absolute Gasteiger partial charge is 0.366 e. The number of pyridine rings is 1. The Morgan fingerprint density at radius 2 is 2.38 bits per heavy atom. The minimum atomic E-state index is -0.401. The fraction of sp³-hybridized carbons (Fsp3) is 0.250. The van der Waals surface area contributed by atoms with Crippen molar-refractivity contribution in [2.24, 2.45) is 5.73 Å². The summed E-state index contributed by atoms with van der Waals surface area (Å²) in [5.74, 6) is 0.659. The Hall–Kier alpha value is -0.740. The normalized spacial score (nSPS) is 13.2. The molecule has 0 atom stereocenters. The average molecular weight is 217 g/mol. The van der Waals surface area contributed by atoms with Gasteiger partial charge in [-0.15, -0.1) is 24.2 Å². The van der Waals surface area contributed by atoms with Gasteiger partial charge >= 0.3 is 0 Å². The van der Waals surface area contributed by atoms with Crippen LogP contribution in [0.1, 0.15) is 15.9 Å². The van der Waals surface area contributed by atoms with E-state index in [1.54, 1.807) is 18.0 Å². The third-order valence-corrected chi connectivity index (χ3v) is 2.87. The Morgan fingerprint density at radius 3 is 3.08 bits per heavy atom. The van der Waals surface area contributed by atoms with Gasteiger partial charge in [0, 0.05) is 11.9 Å². The predicted octanol–water partition coefficient (Wildman–Crippen LogP) is 1.25. The second kappa shape index (κ2) is 3.98. The summed E-state index contributed by atoms with van der Waals surface area (Å²) in [5, 5.41) is 1.04. The highest BCUT2D eigenvalue weighted by Gasteiger charge is 2.14. The summed E-state index contributed by atoms with van der Waals surface area (Å²) in [5.41, 5.74) is 6.78. The van der Waals surface area contributed by atoms with Gasteiger partial charge in [0.25, 0.3) is 0 Å². The molecule has 0 aromatic carbocycles. The molecule has 70 valence electrons. The number of halogens is 1. The Balaban J connectivity index is 0.000000845. The second-order valence-electron chi connectivity index (χ2n) is 2.65. The highest BCUT2D eigenvalue weighted by Crippen LogP contribution is 2.29. The molecule has 0 bridgehead atoms. The zero-order valence-corrected chi connectivity index (χ0v) is 8.45. The summed E-state index contributed by atoms with van der Waals surface area (Å²) >= 11 is 1.73. The van der Waals surface area contributed by atoms with E-state index in [-0.39, 0.29) is 12.4 Å². The zero-order chi connectivity index (χ0) is 8.55. The lowest BCUT2D eigenvalue weighted by Crippen LogP contribution is -2.11. The molecular weight excluding hydrogens is 208 g/mol. The number of primary amides is 1. The molecule has 1 aliphatic rings. The maximum atomic E-state index is 10.8. The van der Waals surface area contributed by atoms with E-state index < -0.39 is 5.91 Å². The van der Waals surface area contributed by atoms with E-state index in [1.807, 2.05) is 6.07 Å². The molecule has 1 aliphatic heterocycles. The molecule has 2 rings (SSSR count). The van der Waals surface area contributed by atoms with Crippen molar-refractivity contribution in [1.29, 1.82) is 0 Å². The van der Waals surface area contributed by atoms with E-state index in [9.17, 15) is 4.79 Å². The third-order valence-electron chi connectivity index (χ3n) is 1.82. The quantitative estimate of drug-likeness (QED) is 0.769. The number of nitrogens with zero attached hydrogens (tertiary/aromatic N) is 1. The number of hydrogen-bond acceptors (Lipinski definition) is 3. The molecule has 0 radical (unpaired) electrons. The van der Waals surface area contributed by atoms with E-state index in [0.29, 0.717) is 5.56 Å². The summed E-state index contributed by atoms with van der Waals surface area (Å²) in [7, 11) is 0. The lowest BCUT2D eigenvalue weighted by molar-refractivity contribution is 0.0999. The molecule has 2 heterocycles. The molecule has 3 nitrogen and oxygen atoms in total. The molecule has 5 heteroatoms. The van der Waals surface area contributed by atoms with E-state index in [0.717, 1.165) is 22.8 Å². The number of carbonyl (C=O) groups excluding carboxylic acids is 1. The number of aromatic nitrogens is 1.